The molecule has 2 amide bonds. The van der Waals surface area contributed by atoms with E-state index >= 15 is 0 Å². The zero-order chi connectivity index (χ0) is 26.2. The number of rotatable bonds is 7. The summed E-state index contributed by atoms with van der Waals surface area (Å²) in [5.74, 6) is -3.01. The molecule has 0 bridgehead atoms. The van der Waals surface area contributed by atoms with Crippen LogP contribution in [0.1, 0.15) is 24.2 Å². The van der Waals surface area contributed by atoms with E-state index in [2.05, 4.69) is 0 Å². The van der Waals surface area contributed by atoms with Crippen molar-refractivity contribution in [1.82, 2.24) is 4.90 Å². The number of benzene rings is 2. The summed E-state index contributed by atoms with van der Waals surface area (Å²) in [5, 5.41) is 9.70. The van der Waals surface area contributed by atoms with E-state index in [-0.39, 0.29) is 24.1 Å². The van der Waals surface area contributed by atoms with Gasteiger partial charge in [-0.15, -0.1) is 11.8 Å². The minimum atomic E-state index is -1.96. The van der Waals surface area contributed by atoms with Crippen LogP contribution >= 0.6 is 11.8 Å². The summed E-state index contributed by atoms with van der Waals surface area (Å²) in [5.41, 5.74) is -0.575. The van der Waals surface area contributed by atoms with Crippen LogP contribution in [0.3, 0.4) is 0 Å². The molecule has 190 valence electrons. The molecule has 2 unspecified atom stereocenters. The Kier molecular flexibility index (Phi) is 6.51. The van der Waals surface area contributed by atoms with E-state index < -0.39 is 40.8 Å². The van der Waals surface area contributed by atoms with Crippen molar-refractivity contribution in [2.75, 3.05) is 17.2 Å². The third-order valence-corrected chi connectivity index (χ3v) is 8.16. The molecule has 3 atom stereocenters. The summed E-state index contributed by atoms with van der Waals surface area (Å²) in [4.78, 5) is 54.2. The molecule has 10 heteroatoms. The molecule has 0 radical (unpaired) electrons. The van der Waals surface area contributed by atoms with Crippen LogP contribution in [0.15, 0.2) is 83.5 Å². The number of thioether (sulfide) groups is 1. The summed E-state index contributed by atoms with van der Waals surface area (Å²) >= 11 is 1.14. The normalized spacial score (nSPS) is 22.6. The predicted molar refractivity (Wildman–Crippen MR) is 135 cm³/mol. The Hall–Kier alpha value is -4.05. The van der Waals surface area contributed by atoms with Gasteiger partial charge in [-0.2, -0.15) is 0 Å². The molecule has 2 fully saturated rings. The maximum Gasteiger partial charge on any atom is 0.327 e. The van der Waals surface area contributed by atoms with Gasteiger partial charge in [-0.1, -0.05) is 60.7 Å². The lowest BCUT2D eigenvalue weighted by Crippen LogP contribution is -2.75. The number of carboxylic acid groups (broad SMARTS) is 1. The first kappa shape index (κ1) is 24.6. The standard InChI is InChI=1S/C27H24N2O7S/c1-17(30)29(20-13-8-14-35-20)21-23(31)28-15-27(25(32)33,16-37-24(21)28)26(34)36-22(18-9-4-2-5-10-18)19-11-6-3-7-12-19/h2-14,21-22,24H,15-16H2,1H3,(H,32,33)/t21?,24-,27?/m1/s1. The Morgan fingerprint density at radius 1 is 1.05 bits per heavy atom. The summed E-state index contributed by atoms with van der Waals surface area (Å²) in [7, 11) is 0. The first-order chi connectivity index (χ1) is 17.8. The van der Waals surface area contributed by atoms with E-state index in [1.165, 1.54) is 23.0 Å². The van der Waals surface area contributed by atoms with Gasteiger partial charge in [0.05, 0.1) is 6.26 Å². The van der Waals surface area contributed by atoms with Gasteiger partial charge < -0.3 is 19.2 Å². The van der Waals surface area contributed by atoms with E-state index in [9.17, 15) is 24.3 Å². The highest BCUT2D eigenvalue weighted by Crippen LogP contribution is 2.46. The van der Waals surface area contributed by atoms with Crippen LogP contribution in [-0.2, 0) is 23.9 Å². The third-order valence-electron chi connectivity index (χ3n) is 6.64. The second-order valence-electron chi connectivity index (χ2n) is 8.95. The number of hydrogen-bond donors (Lipinski definition) is 1. The van der Waals surface area contributed by atoms with Crippen molar-refractivity contribution >= 4 is 41.4 Å². The Balaban J connectivity index is 1.40. The van der Waals surface area contributed by atoms with Gasteiger partial charge in [0.1, 0.15) is 11.4 Å². The summed E-state index contributed by atoms with van der Waals surface area (Å²) in [6.45, 7) is 0.979. The number of carbonyl (C=O) groups excluding carboxylic acids is 3. The molecule has 2 saturated heterocycles. The van der Waals surface area contributed by atoms with Crippen LogP contribution in [0.2, 0.25) is 0 Å². The Morgan fingerprint density at radius 3 is 2.19 bits per heavy atom. The maximum atomic E-state index is 13.6. The highest BCUT2D eigenvalue weighted by atomic mass is 32.2. The summed E-state index contributed by atoms with van der Waals surface area (Å²) in [6.07, 6.45) is 0.586. The smallest absolute Gasteiger partial charge is 0.327 e. The number of furan rings is 1. The topological polar surface area (TPSA) is 117 Å². The quantitative estimate of drug-likeness (QED) is 0.286. The fraction of sp³-hybridized carbons (Fsp3) is 0.259. The van der Waals surface area contributed by atoms with Gasteiger partial charge in [-0.05, 0) is 17.2 Å². The zero-order valence-corrected chi connectivity index (χ0v) is 20.7. The monoisotopic (exact) mass is 520 g/mol. The van der Waals surface area contributed by atoms with E-state index in [0.29, 0.717) is 11.1 Å². The Labute approximate surface area is 217 Å². The van der Waals surface area contributed by atoms with Crippen LogP contribution in [0, 0.1) is 5.41 Å². The number of hydrogen-bond acceptors (Lipinski definition) is 7. The molecular weight excluding hydrogens is 496 g/mol. The van der Waals surface area contributed by atoms with Gasteiger partial charge in [-0.25, -0.2) is 0 Å². The predicted octanol–water partition coefficient (Wildman–Crippen LogP) is 3.32. The van der Waals surface area contributed by atoms with Crippen LogP contribution < -0.4 is 4.90 Å². The molecule has 0 aliphatic carbocycles. The molecular formula is C27H24N2O7S. The molecule has 2 aliphatic heterocycles. The van der Waals surface area contributed by atoms with Crippen molar-refractivity contribution in [3.8, 4) is 0 Å². The van der Waals surface area contributed by atoms with Gasteiger partial charge in [0.15, 0.2) is 11.5 Å². The lowest BCUT2D eigenvalue weighted by molar-refractivity contribution is -0.175. The molecule has 37 heavy (non-hydrogen) atoms. The van der Waals surface area contributed by atoms with Crippen LogP contribution in [-0.4, -0.2) is 57.5 Å². The van der Waals surface area contributed by atoms with Crippen molar-refractivity contribution < 1.29 is 33.4 Å². The number of ether oxygens (including phenoxy) is 1. The number of nitrogens with zero attached hydrogens (tertiary/aromatic N) is 2. The van der Waals surface area contributed by atoms with Crippen LogP contribution in [0.25, 0.3) is 0 Å². The lowest BCUT2D eigenvalue weighted by Gasteiger charge is -2.55. The number of anilines is 1. The SMILES string of the molecule is CC(=O)N(c1ccco1)C1C(=O)N2CC(C(=O)O)(C(=O)OC(c3ccccc3)c3ccccc3)CS[C@H]12. The van der Waals surface area contributed by atoms with Gasteiger partial charge in [0.25, 0.3) is 0 Å². The minimum absolute atomic E-state index is 0.119. The summed E-state index contributed by atoms with van der Waals surface area (Å²) in [6, 6.07) is 20.5. The van der Waals surface area contributed by atoms with Crippen molar-refractivity contribution in [1.29, 1.82) is 0 Å². The van der Waals surface area contributed by atoms with Crippen LogP contribution in [0.5, 0.6) is 0 Å². The number of fused-ring (bicyclic) bond motifs is 1. The second-order valence-corrected chi connectivity index (χ2v) is 10.1. The average molecular weight is 521 g/mol. The molecule has 1 aromatic heterocycles. The van der Waals surface area contributed by atoms with Crippen molar-refractivity contribution in [2.24, 2.45) is 5.41 Å². The Bertz CT molecular complexity index is 1280. The number of carboxylic acids is 1. The lowest BCUT2D eigenvalue weighted by atomic mass is 9.86. The van der Waals surface area contributed by atoms with E-state index in [0.717, 1.165) is 11.8 Å². The third kappa shape index (κ3) is 4.27. The van der Waals surface area contributed by atoms with E-state index in [1.54, 1.807) is 36.4 Å². The average Bonchev–Trinajstić information content (AvgIpc) is 3.44. The molecule has 3 heterocycles. The molecule has 3 aromatic rings. The van der Waals surface area contributed by atoms with Gasteiger partial charge >= 0.3 is 11.9 Å². The maximum absolute atomic E-state index is 13.6. The van der Waals surface area contributed by atoms with Crippen molar-refractivity contribution in [3.05, 3.63) is 90.2 Å². The van der Waals surface area contributed by atoms with Gasteiger partial charge in [-0.3, -0.25) is 24.1 Å². The van der Waals surface area contributed by atoms with E-state index in [1.807, 2.05) is 36.4 Å². The highest BCUT2D eigenvalue weighted by molar-refractivity contribution is 8.00. The van der Waals surface area contributed by atoms with Crippen LogP contribution in [0.4, 0.5) is 5.88 Å². The molecule has 2 aliphatic rings. The number of β-lactam (4-membered cyclic amide) rings is 1. The van der Waals surface area contributed by atoms with E-state index in [4.69, 9.17) is 9.15 Å². The Morgan fingerprint density at radius 2 is 1.68 bits per heavy atom. The second kappa shape index (κ2) is 9.78. The van der Waals surface area contributed by atoms with Gasteiger partial charge in [0, 0.05) is 25.3 Å². The zero-order valence-electron chi connectivity index (χ0n) is 19.9. The fourth-order valence-corrected chi connectivity index (χ4v) is 6.26. The molecule has 5 rings (SSSR count). The fourth-order valence-electron chi connectivity index (χ4n) is 4.70. The molecule has 2 aromatic carbocycles. The molecule has 9 nitrogen and oxygen atoms in total. The first-order valence-corrected chi connectivity index (χ1v) is 12.7. The first-order valence-electron chi connectivity index (χ1n) is 11.6. The largest absolute Gasteiger partial charge is 0.480 e. The van der Waals surface area contributed by atoms with Crippen molar-refractivity contribution in [3.63, 3.8) is 0 Å². The van der Waals surface area contributed by atoms with Crippen molar-refractivity contribution in [2.45, 2.75) is 24.4 Å². The van der Waals surface area contributed by atoms with Gasteiger partial charge in [0.2, 0.25) is 17.7 Å². The molecule has 0 saturated carbocycles. The minimum Gasteiger partial charge on any atom is -0.480 e. The molecule has 1 N–H and O–H groups in total. The highest BCUT2D eigenvalue weighted by Gasteiger charge is 2.63. The molecule has 0 spiro atoms. The summed E-state index contributed by atoms with van der Waals surface area (Å²) < 4.78 is 11.2. The number of amides is 2. The number of esters is 1. The number of aliphatic carboxylic acids is 1. The number of carbonyl (C=O) groups is 4.